The summed E-state index contributed by atoms with van der Waals surface area (Å²) in [5, 5.41) is 0. The number of carbonyl (C=O) groups excluding carboxylic acids is 1. The van der Waals surface area contributed by atoms with E-state index < -0.39 is 0 Å². The van der Waals surface area contributed by atoms with Crippen LogP contribution in [0.5, 0.6) is 0 Å². The number of fused-ring (bicyclic) bond motifs is 1. The standard InChI is InChI=1S/C16H22N4O/c1-11(16(21)19-8-4-3-5-9-19)20-12(2)18-14-10-13(17)6-7-15(14)20/h6-7,10-11H,3-5,8-9,17H2,1-2H3. The van der Waals surface area contributed by atoms with E-state index in [0.717, 1.165) is 42.8 Å². The molecule has 2 heterocycles. The van der Waals surface area contributed by atoms with E-state index in [4.69, 9.17) is 5.73 Å². The lowest BCUT2D eigenvalue weighted by Gasteiger charge is -2.30. The molecule has 1 saturated heterocycles. The number of piperidine rings is 1. The highest BCUT2D eigenvalue weighted by atomic mass is 16.2. The molecule has 0 spiro atoms. The third-order valence-corrected chi connectivity index (χ3v) is 4.30. The van der Waals surface area contributed by atoms with Gasteiger partial charge < -0.3 is 15.2 Å². The largest absolute Gasteiger partial charge is 0.399 e. The first-order valence-corrected chi connectivity index (χ1v) is 7.61. The summed E-state index contributed by atoms with van der Waals surface area (Å²) >= 11 is 0. The van der Waals surface area contributed by atoms with Crippen LogP contribution in [0.3, 0.4) is 0 Å². The maximum atomic E-state index is 12.7. The zero-order valence-corrected chi connectivity index (χ0v) is 12.7. The van der Waals surface area contributed by atoms with E-state index in [1.807, 2.05) is 41.5 Å². The average molecular weight is 286 g/mol. The number of rotatable bonds is 2. The second-order valence-electron chi connectivity index (χ2n) is 5.84. The monoisotopic (exact) mass is 286 g/mol. The number of hydrogen-bond acceptors (Lipinski definition) is 3. The Balaban J connectivity index is 1.95. The van der Waals surface area contributed by atoms with Crippen LogP contribution in [-0.4, -0.2) is 33.4 Å². The second-order valence-corrected chi connectivity index (χ2v) is 5.84. The lowest BCUT2D eigenvalue weighted by atomic mass is 10.1. The van der Waals surface area contributed by atoms with Gasteiger partial charge in [-0.15, -0.1) is 0 Å². The van der Waals surface area contributed by atoms with Gasteiger partial charge in [-0.25, -0.2) is 4.98 Å². The van der Waals surface area contributed by atoms with Crippen molar-refractivity contribution in [1.82, 2.24) is 14.5 Å². The Morgan fingerprint density at radius 1 is 1.29 bits per heavy atom. The lowest BCUT2D eigenvalue weighted by Crippen LogP contribution is -2.39. The fourth-order valence-corrected chi connectivity index (χ4v) is 3.21. The van der Waals surface area contributed by atoms with Crippen molar-refractivity contribution in [2.45, 2.75) is 39.2 Å². The van der Waals surface area contributed by atoms with Gasteiger partial charge in [0.15, 0.2) is 0 Å². The normalized spacial score (nSPS) is 17.1. The van der Waals surface area contributed by atoms with Crippen LogP contribution in [0.1, 0.15) is 38.1 Å². The molecular formula is C16H22N4O. The number of nitrogen functional groups attached to an aromatic ring is 1. The number of hydrogen-bond donors (Lipinski definition) is 1. The maximum absolute atomic E-state index is 12.7. The summed E-state index contributed by atoms with van der Waals surface area (Å²) in [5.41, 5.74) is 8.33. The number of benzene rings is 1. The highest BCUT2D eigenvalue weighted by Gasteiger charge is 2.25. The van der Waals surface area contributed by atoms with Crippen molar-refractivity contribution in [3.63, 3.8) is 0 Å². The molecule has 1 amide bonds. The fourth-order valence-electron chi connectivity index (χ4n) is 3.21. The van der Waals surface area contributed by atoms with Gasteiger partial charge in [0.05, 0.1) is 11.0 Å². The summed E-state index contributed by atoms with van der Waals surface area (Å²) in [6.45, 7) is 5.65. The Kier molecular flexibility index (Phi) is 3.57. The zero-order valence-electron chi connectivity index (χ0n) is 12.7. The molecule has 0 saturated carbocycles. The molecule has 2 N–H and O–H groups in total. The van der Waals surface area contributed by atoms with Gasteiger partial charge in [0.25, 0.3) is 0 Å². The van der Waals surface area contributed by atoms with Crippen LogP contribution < -0.4 is 5.73 Å². The summed E-state index contributed by atoms with van der Waals surface area (Å²) < 4.78 is 2.02. The Labute approximate surface area is 124 Å². The van der Waals surface area contributed by atoms with E-state index in [2.05, 4.69) is 4.98 Å². The van der Waals surface area contributed by atoms with Gasteiger partial charge in [-0.2, -0.15) is 0 Å². The summed E-state index contributed by atoms with van der Waals surface area (Å²) in [6, 6.07) is 5.44. The maximum Gasteiger partial charge on any atom is 0.245 e. The third kappa shape index (κ3) is 2.48. The molecule has 1 aliphatic rings. The molecule has 1 aliphatic heterocycles. The van der Waals surface area contributed by atoms with E-state index in [1.54, 1.807) is 0 Å². The number of aryl methyl sites for hydroxylation is 1. The molecule has 2 aromatic rings. The lowest BCUT2D eigenvalue weighted by molar-refractivity contribution is -0.135. The van der Waals surface area contributed by atoms with Crippen molar-refractivity contribution in [3.05, 3.63) is 24.0 Å². The number of nitrogens with zero attached hydrogens (tertiary/aromatic N) is 3. The van der Waals surface area contributed by atoms with E-state index in [-0.39, 0.29) is 11.9 Å². The molecule has 21 heavy (non-hydrogen) atoms. The number of anilines is 1. The number of likely N-dealkylation sites (tertiary alicyclic amines) is 1. The second kappa shape index (κ2) is 5.39. The Hall–Kier alpha value is -2.04. The van der Waals surface area contributed by atoms with Gasteiger partial charge in [0, 0.05) is 18.8 Å². The van der Waals surface area contributed by atoms with Gasteiger partial charge in [0.2, 0.25) is 5.91 Å². The van der Waals surface area contributed by atoms with Gasteiger partial charge >= 0.3 is 0 Å². The van der Waals surface area contributed by atoms with Crippen LogP contribution in [0.25, 0.3) is 11.0 Å². The molecule has 1 aromatic heterocycles. The first-order chi connectivity index (χ1) is 10.1. The summed E-state index contributed by atoms with van der Waals surface area (Å²) in [5.74, 6) is 1.04. The van der Waals surface area contributed by atoms with Gasteiger partial charge in [-0.1, -0.05) is 0 Å². The average Bonchev–Trinajstić information content (AvgIpc) is 2.81. The Morgan fingerprint density at radius 3 is 2.71 bits per heavy atom. The molecule has 112 valence electrons. The number of amides is 1. The number of imidazole rings is 1. The summed E-state index contributed by atoms with van der Waals surface area (Å²) in [6.07, 6.45) is 3.45. The van der Waals surface area contributed by atoms with Crippen LogP contribution in [-0.2, 0) is 4.79 Å². The minimum absolute atomic E-state index is 0.189. The molecule has 1 aromatic carbocycles. The van der Waals surface area contributed by atoms with Crippen LogP contribution in [0.4, 0.5) is 5.69 Å². The topological polar surface area (TPSA) is 64.1 Å². The molecule has 5 nitrogen and oxygen atoms in total. The van der Waals surface area contributed by atoms with E-state index in [9.17, 15) is 4.79 Å². The van der Waals surface area contributed by atoms with Crippen LogP contribution in [0, 0.1) is 6.92 Å². The molecular weight excluding hydrogens is 264 g/mol. The minimum Gasteiger partial charge on any atom is -0.399 e. The number of nitrogens with two attached hydrogens (primary N) is 1. The predicted octanol–water partition coefficient (Wildman–Crippen LogP) is 2.50. The summed E-state index contributed by atoms with van der Waals surface area (Å²) in [4.78, 5) is 19.2. The fraction of sp³-hybridized carbons (Fsp3) is 0.500. The van der Waals surface area contributed by atoms with E-state index >= 15 is 0 Å². The smallest absolute Gasteiger partial charge is 0.245 e. The molecule has 5 heteroatoms. The SMILES string of the molecule is Cc1nc2cc(N)ccc2n1C(C)C(=O)N1CCCCC1. The quantitative estimate of drug-likeness (QED) is 0.863. The van der Waals surface area contributed by atoms with E-state index in [1.165, 1.54) is 6.42 Å². The molecule has 0 radical (unpaired) electrons. The van der Waals surface area contributed by atoms with Crippen LogP contribution in [0.15, 0.2) is 18.2 Å². The van der Waals surface area contributed by atoms with Crippen molar-refractivity contribution in [2.24, 2.45) is 0 Å². The predicted molar refractivity (Wildman–Crippen MR) is 84.0 cm³/mol. The van der Waals surface area contributed by atoms with Crippen molar-refractivity contribution < 1.29 is 4.79 Å². The summed E-state index contributed by atoms with van der Waals surface area (Å²) in [7, 11) is 0. The molecule has 1 unspecified atom stereocenters. The van der Waals surface area contributed by atoms with Crippen molar-refractivity contribution in [3.8, 4) is 0 Å². The van der Waals surface area contributed by atoms with Crippen LogP contribution in [0.2, 0.25) is 0 Å². The third-order valence-electron chi connectivity index (χ3n) is 4.30. The Morgan fingerprint density at radius 2 is 2.00 bits per heavy atom. The van der Waals surface area contributed by atoms with Gasteiger partial charge in [-0.05, 0) is 51.3 Å². The number of carbonyl (C=O) groups is 1. The molecule has 1 fully saturated rings. The molecule has 1 atom stereocenters. The molecule has 0 bridgehead atoms. The molecule has 0 aliphatic carbocycles. The van der Waals surface area contributed by atoms with Crippen molar-refractivity contribution in [2.75, 3.05) is 18.8 Å². The highest BCUT2D eigenvalue weighted by molar-refractivity contribution is 5.85. The highest BCUT2D eigenvalue weighted by Crippen LogP contribution is 2.24. The van der Waals surface area contributed by atoms with Crippen molar-refractivity contribution >= 4 is 22.6 Å². The minimum atomic E-state index is -0.225. The van der Waals surface area contributed by atoms with Gasteiger partial charge in [-0.3, -0.25) is 4.79 Å². The van der Waals surface area contributed by atoms with Crippen molar-refractivity contribution in [1.29, 1.82) is 0 Å². The van der Waals surface area contributed by atoms with E-state index in [0.29, 0.717) is 5.69 Å². The first kappa shape index (κ1) is 13.9. The zero-order chi connectivity index (χ0) is 15.0. The van der Waals surface area contributed by atoms with Crippen LogP contribution >= 0.6 is 0 Å². The van der Waals surface area contributed by atoms with Gasteiger partial charge in [0.1, 0.15) is 11.9 Å². The number of aromatic nitrogens is 2. The molecule has 3 rings (SSSR count). The Bertz CT molecular complexity index is 670. The first-order valence-electron chi connectivity index (χ1n) is 7.61.